The van der Waals surface area contributed by atoms with Gasteiger partial charge in [-0.2, -0.15) is 4.57 Å². The van der Waals surface area contributed by atoms with Gasteiger partial charge in [-0.3, -0.25) is 4.79 Å². The number of nitrogens with zero attached hydrogens (tertiary/aromatic N) is 5. The number of benzene rings is 2. The highest BCUT2D eigenvalue weighted by molar-refractivity contribution is 5.94. The molecule has 3 aromatic rings. The van der Waals surface area contributed by atoms with Gasteiger partial charge < -0.3 is 4.74 Å². The molecule has 2 aromatic carbocycles. The van der Waals surface area contributed by atoms with Crippen LogP contribution in [0.2, 0.25) is 0 Å². The number of rotatable bonds is 6. The first-order valence-corrected chi connectivity index (χ1v) is 7.51. The lowest BCUT2D eigenvalue weighted by molar-refractivity contribution is -0.683. The summed E-state index contributed by atoms with van der Waals surface area (Å²) in [4.78, 5) is 19.1. The molecule has 0 saturated carbocycles. The van der Waals surface area contributed by atoms with Crippen molar-refractivity contribution >= 4 is 11.5 Å². The van der Waals surface area contributed by atoms with E-state index in [9.17, 15) is 4.79 Å². The van der Waals surface area contributed by atoms with Crippen molar-refractivity contribution in [3.8, 4) is 11.6 Å². The van der Waals surface area contributed by atoms with Crippen LogP contribution in [-0.4, -0.2) is 10.8 Å². The number of carbonyl (C=O) groups excluding carboxylic acids is 1. The van der Waals surface area contributed by atoms with E-state index in [0.29, 0.717) is 22.9 Å². The Labute approximate surface area is 143 Å². The van der Waals surface area contributed by atoms with E-state index >= 15 is 0 Å². The maximum absolute atomic E-state index is 12.3. The van der Waals surface area contributed by atoms with Crippen molar-refractivity contribution in [3.05, 3.63) is 89.2 Å². The Bertz CT molecular complexity index is 937. The largest absolute Gasteiger partial charge is 0.434 e. The summed E-state index contributed by atoms with van der Waals surface area (Å²) in [6.45, 7) is 0.182. The van der Waals surface area contributed by atoms with E-state index in [-0.39, 0.29) is 12.3 Å². The molecule has 1 heterocycles. The van der Waals surface area contributed by atoms with Gasteiger partial charge in [0.05, 0.1) is 6.20 Å². The monoisotopic (exact) mass is 332 g/mol. The van der Waals surface area contributed by atoms with Crippen LogP contribution in [0.1, 0.15) is 10.4 Å². The fourth-order valence-electron chi connectivity index (χ4n) is 2.22. The molecule has 25 heavy (non-hydrogen) atoms. The van der Waals surface area contributed by atoms with Crippen LogP contribution in [0.4, 0.5) is 5.69 Å². The Kier molecular flexibility index (Phi) is 4.99. The highest BCUT2D eigenvalue weighted by Crippen LogP contribution is 2.23. The van der Waals surface area contributed by atoms with Crippen molar-refractivity contribution in [2.45, 2.75) is 6.54 Å². The lowest BCUT2D eigenvalue weighted by Gasteiger charge is -2.04. The minimum Gasteiger partial charge on any atom is -0.434 e. The first-order chi connectivity index (χ1) is 12.2. The van der Waals surface area contributed by atoms with Crippen molar-refractivity contribution < 1.29 is 14.1 Å². The number of ether oxygens (including phenoxy) is 1. The predicted molar refractivity (Wildman–Crippen MR) is 90.5 cm³/mol. The van der Waals surface area contributed by atoms with Crippen LogP contribution >= 0.6 is 0 Å². The summed E-state index contributed by atoms with van der Waals surface area (Å²) in [5, 5.41) is 3.53. The molecule has 0 aliphatic heterocycles. The normalized spacial score (nSPS) is 9.92. The molecule has 0 atom stereocenters. The van der Waals surface area contributed by atoms with E-state index in [1.165, 1.54) is 0 Å². The molecule has 1 aromatic heterocycles. The third-order valence-electron chi connectivity index (χ3n) is 3.36. The minimum atomic E-state index is -0.00638. The number of ketones is 1. The predicted octanol–water partition coefficient (Wildman–Crippen LogP) is 3.99. The number of carbonyl (C=O) groups is 1. The van der Waals surface area contributed by atoms with Gasteiger partial charge in [0.15, 0.2) is 6.20 Å². The zero-order valence-electron chi connectivity index (χ0n) is 13.2. The lowest BCUT2D eigenvalue weighted by atomic mass is 10.1. The van der Waals surface area contributed by atoms with Gasteiger partial charge in [-0.15, -0.1) is 0 Å². The Hall–Kier alpha value is -3.70. The van der Waals surface area contributed by atoms with E-state index in [1.54, 1.807) is 59.6 Å². The van der Waals surface area contributed by atoms with Crippen LogP contribution in [0, 0.1) is 0 Å². The molecular formula is C18H14N5O2+. The van der Waals surface area contributed by atoms with Crippen molar-refractivity contribution in [2.75, 3.05) is 0 Å². The smallest absolute Gasteiger partial charge is 0.285 e. The highest BCUT2D eigenvalue weighted by Gasteiger charge is 2.13. The van der Waals surface area contributed by atoms with Crippen LogP contribution in [0.25, 0.3) is 10.4 Å². The van der Waals surface area contributed by atoms with Crippen molar-refractivity contribution in [1.82, 2.24) is 4.98 Å². The third-order valence-corrected chi connectivity index (χ3v) is 3.36. The summed E-state index contributed by atoms with van der Waals surface area (Å²) in [7, 11) is 0. The summed E-state index contributed by atoms with van der Waals surface area (Å²) in [5.41, 5.74) is 9.58. The molecule has 0 aliphatic carbocycles. The molecule has 0 aliphatic rings. The van der Waals surface area contributed by atoms with Gasteiger partial charge in [-0.25, -0.2) is 4.98 Å². The lowest BCUT2D eigenvalue weighted by Crippen LogP contribution is -2.37. The number of Topliss-reactive ketones (excluding diaryl/α,β-unsaturated/α-hetero) is 1. The molecule has 0 saturated heterocycles. The van der Waals surface area contributed by atoms with Gasteiger partial charge in [0, 0.05) is 16.2 Å². The molecule has 0 amide bonds. The SMILES string of the molecule is [N-]=[N+]=Nc1cccc(Oc2c[n+](CC(=O)c3ccccc3)ccn2)c1. The second-order valence-corrected chi connectivity index (χ2v) is 5.14. The van der Waals surface area contributed by atoms with Crippen molar-refractivity contribution in [1.29, 1.82) is 0 Å². The van der Waals surface area contributed by atoms with Crippen LogP contribution in [0.3, 0.4) is 0 Å². The Morgan fingerprint density at radius 1 is 1.20 bits per heavy atom. The number of azide groups is 1. The summed E-state index contributed by atoms with van der Waals surface area (Å²) in [6.07, 6.45) is 4.90. The van der Waals surface area contributed by atoms with Gasteiger partial charge in [0.25, 0.3) is 5.88 Å². The van der Waals surface area contributed by atoms with Gasteiger partial charge in [-0.1, -0.05) is 47.6 Å². The molecule has 7 nitrogen and oxygen atoms in total. The number of hydrogen-bond acceptors (Lipinski definition) is 4. The zero-order valence-corrected chi connectivity index (χ0v) is 13.2. The number of aromatic nitrogens is 2. The summed E-state index contributed by atoms with van der Waals surface area (Å²) in [5.74, 6) is 0.819. The summed E-state index contributed by atoms with van der Waals surface area (Å²) in [6, 6.07) is 15.8. The average Bonchev–Trinajstić information content (AvgIpc) is 2.63. The van der Waals surface area contributed by atoms with E-state index < -0.39 is 0 Å². The first kappa shape index (κ1) is 16.2. The first-order valence-electron chi connectivity index (χ1n) is 7.51. The maximum Gasteiger partial charge on any atom is 0.285 e. The molecule has 0 bridgehead atoms. The summed E-state index contributed by atoms with van der Waals surface area (Å²) >= 11 is 0. The molecule has 7 heteroatoms. The minimum absolute atomic E-state index is 0.00638. The van der Waals surface area contributed by atoms with Crippen LogP contribution in [0.5, 0.6) is 11.6 Å². The quantitative estimate of drug-likeness (QED) is 0.225. The van der Waals surface area contributed by atoms with E-state index in [0.717, 1.165) is 0 Å². The zero-order chi connectivity index (χ0) is 17.5. The Morgan fingerprint density at radius 2 is 2.04 bits per heavy atom. The Balaban J connectivity index is 1.74. The van der Waals surface area contributed by atoms with Crippen LogP contribution in [0.15, 0.2) is 78.3 Å². The molecule has 122 valence electrons. The molecule has 0 fully saturated rings. The van der Waals surface area contributed by atoms with Crippen molar-refractivity contribution in [3.63, 3.8) is 0 Å². The van der Waals surface area contributed by atoms with Gasteiger partial charge in [0.2, 0.25) is 18.5 Å². The van der Waals surface area contributed by atoms with E-state index in [1.807, 2.05) is 18.2 Å². The fourth-order valence-corrected chi connectivity index (χ4v) is 2.22. The molecule has 0 radical (unpaired) electrons. The second kappa shape index (κ2) is 7.72. The van der Waals surface area contributed by atoms with Gasteiger partial charge in [-0.05, 0) is 17.7 Å². The van der Waals surface area contributed by atoms with Crippen LogP contribution < -0.4 is 9.30 Å². The fraction of sp³-hybridized carbons (Fsp3) is 0.0556. The van der Waals surface area contributed by atoms with E-state index in [4.69, 9.17) is 10.3 Å². The topological polar surface area (TPSA) is 91.8 Å². The molecular weight excluding hydrogens is 318 g/mol. The van der Waals surface area contributed by atoms with E-state index in [2.05, 4.69) is 15.0 Å². The summed E-state index contributed by atoms with van der Waals surface area (Å²) < 4.78 is 7.37. The Morgan fingerprint density at radius 3 is 2.84 bits per heavy atom. The second-order valence-electron chi connectivity index (χ2n) is 5.14. The molecule has 0 N–H and O–H groups in total. The highest BCUT2D eigenvalue weighted by atomic mass is 16.5. The number of hydrogen-bond donors (Lipinski definition) is 0. The molecule has 3 rings (SSSR count). The van der Waals surface area contributed by atoms with Gasteiger partial charge in [0.1, 0.15) is 5.75 Å². The maximum atomic E-state index is 12.3. The van der Waals surface area contributed by atoms with Crippen LogP contribution in [-0.2, 0) is 6.54 Å². The van der Waals surface area contributed by atoms with Crippen molar-refractivity contribution in [2.24, 2.45) is 5.11 Å². The molecule has 0 unspecified atom stereocenters. The standard InChI is InChI=1S/C18H14N5O2/c19-22-21-15-7-4-8-16(11-15)25-18-13-23(10-9-20-18)12-17(24)14-5-2-1-3-6-14/h1-11,13H,12H2/q+1. The van der Waals surface area contributed by atoms with Gasteiger partial charge >= 0.3 is 0 Å². The molecule has 0 spiro atoms. The average molecular weight is 332 g/mol. The third kappa shape index (κ3) is 4.40.